The lowest BCUT2D eigenvalue weighted by Gasteiger charge is -2.38. The fraction of sp³-hybridized carbons (Fsp3) is 0.353. The van der Waals surface area contributed by atoms with Crippen molar-refractivity contribution in [3.05, 3.63) is 63.9 Å². The lowest BCUT2D eigenvalue weighted by atomic mass is 9.67. The van der Waals surface area contributed by atoms with Crippen LogP contribution in [0.5, 0.6) is 0 Å². The molecule has 3 rings (SSSR count). The van der Waals surface area contributed by atoms with Crippen molar-refractivity contribution in [3.8, 4) is 0 Å². The van der Waals surface area contributed by atoms with Gasteiger partial charge in [-0.05, 0) is 64.4 Å². The Morgan fingerprint density at radius 3 is 2.90 bits per heavy atom. The fourth-order valence-electron chi connectivity index (χ4n) is 3.42. The Hall–Kier alpha value is -1.19. The third kappa shape index (κ3) is 2.52. The molecule has 1 aliphatic rings. The van der Waals surface area contributed by atoms with Crippen molar-refractivity contribution >= 4 is 15.9 Å². The summed E-state index contributed by atoms with van der Waals surface area (Å²) in [6.45, 7) is 0.691. The van der Waals surface area contributed by atoms with Gasteiger partial charge in [-0.1, -0.05) is 24.3 Å². The number of nitrogens with zero attached hydrogens (tertiary/aromatic N) is 1. The minimum Gasteiger partial charge on any atom is -0.330 e. The molecule has 3 heteroatoms. The SMILES string of the molecule is NCC1(Cc2cncc(Br)c2)CCCc2ccccc21. The van der Waals surface area contributed by atoms with Crippen LogP contribution in [0.2, 0.25) is 0 Å². The third-order valence-corrected chi connectivity index (χ3v) is 4.82. The zero-order valence-electron chi connectivity index (χ0n) is 11.5. The molecule has 20 heavy (non-hydrogen) atoms. The van der Waals surface area contributed by atoms with Crippen LogP contribution in [0.3, 0.4) is 0 Å². The predicted molar refractivity (Wildman–Crippen MR) is 85.8 cm³/mol. The lowest BCUT2D eigenvalue weighted by molar-refractivity contribution is 0.365. The first-order chi connectivity index (χ1) is 9.73. The molecule has 2 N–H and O–H groups in total. The number of pyridine rings is 1. The second-order valence-corrected chi connectivity index (χ2v) is 6.60. The summed E-state index contributed by atoms with van der Waals surface area (Å²) in [7, 11) is 0. The topological polar surface area (TPSA) is 38.9 Å². The number of nitrogens with two attached hydrogens (primary N) is 1. The van der Waals surface area contributed by atoms with Crippen molar-refractivity contribution in [3.63, 3.8) is 0 Å². The van der Waals surface area contributed by atoms with Crippen LogP contribution in [0.4, 0.5) is 0 Å². The van der Waals surface area contributed by atoms with Crippen molar-refractivity contribution in [1.29, 1.82) is 0 Å². The number of halogens is 1. The molecule has 2 nitrogen and oxygen atoms in total. The molecule has 1 heterocycles. The number of aromatic nitrogens is 1. The highest BCUT2D eigenvalue weighted by molar-refractivity contribution is 9.10. The Kier molecular flexibility index (Phi) is 3.90. The molecule has 1 aromatic heterocycles. The van der Waals surface area contributed by atoms with Gasteiger partial charge in [0, 0.05) is 28.8 Å². The molecule has 2 aromatic rings. The molecule has 1 atom stereocenters. The van der Waals surface area contributed by atoms with Crippen LogP contribution in [0.15, 0.2) is 47.2 Å². The van der Waals surface area contributed by atoms with Crippen molar-refractivity contribution in [2.24, 2.45) is 5.73 Å². The molecule has 0 saturated heterocycles. The summed E-state index contributed by atoms with van der Waals surface area (Å²) in [6, 6.07) is 10.9. The maximum absolute atomic E-state index is 6.21. The smallest absolute Gasteiger partial charge is 0.0410 e. The third-order valence-electron chi connectivity index (χ3n) is 4.38. The Balaban J connectivity index is 2.00. The molecule has 0 radical (unpaired) electrons. The zero-order chi connectivity index (χ0) is 14.0. The van der Waals surface area contributed by atoms with Crippen molar-refractivity contribution in [2.75, 3.05) is 6.54 Å². The largest absolute Gasteiger partial charge is 0.330 e. The van der Waals surface area contributed by atoms with Gasteiger partial charge in [0.1, 0.15) is 0 Å². The first-order valence-electron chi connectivity index (χ1n) is 7.11. The van der Waals surface area contributed by atoms with Gasteiger partial charge in [-0.3, -0.25) is 4.98 Å². The molecule has 0 amide bonds. The Morgan fingerprint density at radius 2 is 2.10 bits per heavy atom. The Morgan fingerprint density at radius 1 is 1.25 bits per heavy atom. The highest BCUT2D eigenvalue weighted by atomic mass is 79.9. The summed E-state index contributed by atoms with van der Waals surface area (Å²) in [4.78, 5) is 4.28. The van der Waals surface area contributed by atoms with E-state index in [4.69, 9.17) is 5.73 Å². The second kappa shape index (κ2) is 5.66. The first-order valence-corrected chi connectivity index (χ1v) is 7.91. The fourth-order valence-corrected chi connectivity index (χ4v) is 3.83. The van der Waals surface area contributed by atoms with E-state index in [-0.39, 0.29) is 5.41 Å². The predicted octanol–water partition coefficient (Wildman–Crippen LogP) is 3.62. The van der Waals surface area contributed by atoms with Crippen LogP contribution < -0.4 is 5.73 Å². The van der Waals surface area contributed by atoms with Crippen LogP contribution in [-0.4, -0.2) is 11.5 Å². The number of benzene rings is 1. The van der Waals surface area contributed by atoms with Crippen LogP contribution in [0.1, 0.15) is 29.5 Å². The molecular formula is C17H19BrN2. The standard InChI is InChI=1S/C17H19BrN2/c18-15-8-13(10-20-11-15)9-17(12-19)7-3-5-14-4-1-2-6-16(14)17/h1-2,4,6,8,10-11H,3,5,7,9,12,19H2. The monoisotopic (exact) mass is 330 g/mol. The number of hydrogen-bond acceptors (Lipinski definition) is 2. The molecule has 1 aromatic carbocycles. The summed E-state index contributed by atoms with van der Waals surface area (Å²) < 4.78 is 1.03. The van der Waals surface area contributed by atoms with Gasteiger partial charge in [-0.15, -0.1) is 0 Å². The molecule has 104 valence electrons. The summed E-state index contributed by atoms with van der Waals surface area (Å²) >= 11 is 3.50. The molecule has 0 spiro atoms. The number of fused-ring (bicyclic) bond motifs is 1. The van der Waals surface area contributed by atoms with E-state index in [0.29, 0.717) is 6.54 Å². The summed E-state index contributed by atoms with van der Waals surface area (Å²) in [5.41, 5.74) is 10.4. The molecule has 0 aliphatic heterocycles. The van der Waals surface area contributed by atoms with Gasteiger partial charge < -0.3 is 5.73 Å². The van der Waals surface area contributed by atoms with E-state index in [9.17, 15) is 0 Å². The average Bonchev–Trinajstić information content (AvgIpc) is 2.47. The average molecular weight is 331 g/mol. The summed E-state index contributed by atoms with van der Waals surface area (Å²) in [5.74, 6) is 0. The van der Waals surface area contributed by atoms with E-state index >= 15 is 0 Å². The number of aryl methyl sites for hydroxylation is 1. The maximum atomic E-state index is 6.21. The van der Waals surface area contributed by atoms with E-state index in [0.717, 1.165) is 17.3 Å². The molecule has 0 saturated carbocycles. The minimum absolute atomic E-state index is 0.0668. The molecule has 1 aliphatic carbocycles. The van der Waals surface area contributed by atoms with Crippen LogP contribution in [0.25, 0.3) is 0 Å². The first kappa shape index (κ1) is 13.8. The van der Waals surface area contributed by atoms with Gasteiger partial charge in [0.15, 0.2) is 0 Å². The van der Waals surface area contributed by atoms with E-state index in [1.54, 1.807) is 0 Å². The van der Waals surface area contributed by atoms with Gasteiger partial charge in [-0.2, -0.15) is 0 Å². The van der Waals surface area contributed by atoms with Crippen molar-refractivity contribution in [2.45, 2.75) is 31.1 Å². The van der Waals surface area contributed by atoms with Crippen LogP contribution >= 0.6 is 15.9 Å². The van der Waals surface area contributed by atoms with E-state index in [2.05, 4.69) is 51.2 Å². The van der Waals surface area contributed by atoms with Gasteiger partial charge >= 0.3 is 0 Å². The van der Waals surface area contributed by atoms with E-state index < -0.39 is 0 Å². The molecule has 0 bridgehead atoms. The minimum atomic E-state index is 0.0668. The Labute approximate surface area is 128 Å². The van der Waals surface area contributed by atoms with E-state index in [1.165, 1.54) is 29.5 Å². The summed E-state index contributed by atoms with van der Waals surface area (Å²) in [5, 5.41) is 0. The van der Waals surface area contributed by atoms with Gasteiger partial charge in [-0.25, -0.2) is 0 Å². The number of rotatable bonds is 3. The molecular weight excluding hydrogens is 312 g/mol. The highest BCUT2D eigenvalue weighted by Gasteiger charge is 2.35. The van der Waals surface area contributed by atoms with E-state index in [1.807, 2.05) is 12.4 Å². The molecule has 1 unspecified atom stereocenters. The quantitative estimate of drug-likeness (QED) is 0.933. The summed E-state index contributed by atoms with van der Waals surface area (Å²) in [6.07, 6.45) is 8.30. The molecule has 0 fully saturated rings. The Bertz CT molecular complexity index is 611. The van der Waals surface area contributed by atoms with Crippen LogP contribution in [-0.2, 0) is 18.3 Å². The normalized spacial score (nSPS) is 21.5. The van der Waals surface area contributed by atoms with Crippen molar-refractivity contribution in [1.82, 2.24) is 4.98 Å². The second-order valence-electron chi connectivity index (χ2n) is 5.68. The maximum Gasteiger partial charge on any atom is 0.0410 e. The van der Waals surface area contributed by atoms with Gasteiger partial charge in [0.05, 0.1) is 0 Å². The van der Waals surface area contributed by atoms with Gasteiger partial charge in [0.2, 0.25) is 0 Å². The van der Waals surface area contributed by atoms with Crippen molar-refractivity contribution < 1.29 is 0 Å². The highest BCUT2D eigenvalue weighted by Crippen LogP contribution is 2.39. The zero-order valence-corrected chi connectivity index (χ0v) is 13.1. The van der Waals surface area contributed by atoms with Crippen LogP contribution in [0, 0.1) is 0 Å². The lowest BCUT2D eigenvalue weighted by Crippen LogP contribution is -2.40. The van der Waals surface area contributed by atoms with Gasteiger partial charge in [0.25, 0.3) is 0 Å². The number of hydrogen-bond donors (Lipinski definition) is 1.